The Morgan fingerprint density at radius 3 is 2.34 bits per heavy atom. The summed E-state index contributed by atoms with van der Waals surface area (Å²) in [5.74, 6) is 0.767. The fraction of sp³-hybridized carbons (Fsp3) is 0.583. The van der Waals surface area contributed by atoms with Crippen LogP contribution in [0.25, 0.3) is 10.9 Å². The zero-order valence-corrected chi connectivity index (χ0v) is 19.6. The van der Waals surface area contributed by atoms with Crippen molar-refractivity contribution in [3.05, 3.63) is 35.0 Å². The van der Waals surface area contributed by atoms with Gasteiger partial charge >= 0.3 is 0 Å². The number of carbonyl (C=O) groups is 2. The fourth-order valence-electron chi connectivity index (χ4n) is 5.12. The van der Waals surface area contributed by atoms with Gasteiger partial charge in [-0.3, -0.25) is 9.59 Å². The number of nitrogens with zero attached hydrogens (tertiary/aromatic N) is 2. The highest BCUT2D eigenvalue weighted by Crippen LogP contribution is 2.32. The quantitative estimate of drug-likeness (QED) is 0.640. The molecule has 3 N–H and O–H groups in total. The third-order valence-electron chi connectivity index (χ3n) is 7.14. The maximum Gasteiger partial charge on any atom is 0.268 e. The van der Waals surface area contributed by atoms with Crippen molar-refractivity contribution in [2.24, 2.45) is 11.8 Å². The zero-order valence-electron chi connectivity index (χ0n) is 18.8. The van der Waals surface area contributed by atoms with Crippen molar-refractivity contribution in [1.29, 1.82) is 0 Å². The van der Waals surface area contributed by atoms with Crippen LogP contribution in [0.4, 0.5) is 0 Å². The van der Waals surface area contributed by atoms with Crippen LogP contribution in [0.15, 0.2) is 24.3 Å². The van der Waals surface area contributed by atoms with Gasteiger partial charge in [-0.1, -0.05) is 11.6 Å². The minimum atomic E-state index is -0.989. The average molecular weight is 461 g/mol. The topological polar surface area (TPSA) is 88.7 Å². The van der Waals surface area contributed by atoms with E-state index in [4.69, 9.17) is 11.6 Å². The lowest BCUT2D eigenvalue weighted by Crippen LogP contribution is -2.55. The molecule has 3 heterocycles. The molecule has 4 rings (SSSR count). The largest absolute Gasteiger partial charge is 0.391 e. The molecule has 0 bridgehead atoms. The third kappa shape index (κ3) is 5.11. The number of likely N-dealkylation sites (tertiary alicyclic amines) is 2. The molecule has 174 valence electrons. The van der Waals surface area contributed by atoms with Crippen molar-refractivity contribution in [1.82, 2.24) is 20.1 Å². The van der Waals surface area contributed by atoms with Crippen LogP contribution in [-0.2, 0) is 4.79 Å². The molecule has 2 amide bonds. The monoisotopic (exact) mass is 460 g/mol. The first-order chi connectivity index (χ1) is 15.3. The Morgan fingerprint density at radius 2 is 1.72 bits per heavy atom. The predicted molar refractivity (Wildman–Crippen MR) is 126 cm³/mol. The molecule has 8 heteroatoms. The van der Waals surface area contributed by atoms with Crippen molar-refractivity contribution in [3.8, 4) is 0 Å². The van der Waals surface area contributed by atoms with E-state index in [1.165, 1.54) is 12.8 Å². The number of halogens is 1. The molecule has 32 heavy (non-hydrogen) atoms. The summed E-state index contributed by atoms with van der Waals surface area (Å²) in [6.45, 7) is 5.21. The number of H-pyrrole nitrogens is 1. The van der Waals surface area contributed by atoms with Crippen LogP contribution in [0.1, 0.15) is 43.1 Å². The molecule has 2 aliphatic rings. The van der Waals surface area contributed by atoms with Gasteiger partial charge < -0.3 is 25.2 Å². The first kappa shape index (κ1) is 23.1. The number of amides is 2. The normalized spacial score (nSPS) is 20.9. The predicted octanol–water partition coefficient (Wildman–Crippen LogP) is 2.88. The summed E-state index contributed by atoms with van der Waals surface area (Å²) in [6.07, 6.45) is 3.46. The Morgan fingerprint density at radius 1 is 1.09 bits per heavy atom. The Bertz CT molecular complexity index is 959. The molecular formula is C24H33ClN4O3. The lowest BCUT2D eigenvalue weighted by molar-refractivity contribution is -0.137. The summed E-state index contributed by atoms with van der Waals surface area (Å²) < 4.78 is 0. The summed E-state index contributed by atoms with van der Waals surface area (Å²) in [4.78, 5) is 33.2. The molecule has 2 atom stereocenters. The first-order valence-electron chi connectivity index (χ1n) is 11.6. The van der Waals surface area contributed by atoms with Gasteiger partial charge in [0.15, 0.2) is 0 Å². The van der Waals surface area contributed by atoms with E-state index in [-0.39, 0.29) is 5.91 Å². The number of hydrogen-bond acceptors (Lipinski definition) is 4. The van der Waals surface area contributed by atoms with E-state index < -0.39 is 18.1 Å². The third-order valence-corrected chi connectivity index (χ3v) is 7.38. The van der Waals surface area contributed by atoms with E-state index >= 15 is 0 Å². The molecule has 2 aromatic rings. The highest BCUT2D eigenvalue weighted by Gasteiger charge is 2.35. The Balaban J connectivity index is 1.37. The van der Waals surface area contributed by atoms with Gasteiger partial charge in [-0.05, 0) is 88.8 Å². The lowest BCUT2D eigenvalue weighted by atomic mass is 9.79. The van der Waals surface area contributed by atoms with E-state index in [9.17, 15) is 14.7 Å². The average Bonchev–Trinajstić information content (AvgIpc) is 3.21. The Hall–Kier alpha value is -2.09. The second-order valence-corrected chi connectivity index (χ2v) is 9.85. The van der Waals surface area contributed by atoms with Crippen LogP contribution < -0.4 is 5.32 Å². The summed E-state index contributed by atoms with van der Waals surface area (Å²) in [5, 5.41) is 14.4. The molecule has 2 saturated heterocycles. The number of aromatic amines is 1. The fourth-order valence-corrected chi connectivity index (χ4v) is 5.30. The number of rotatable bonds is 5. The highest BCUT2D eigenvalue weighted by atomic mass is 35.5. The number of hydrogen-bond donors (Lipinski definition) is 3. The number of piperidine rings is 2. The van der Waals surface area contributed by atoms with Gasteiger partial charge in [-0.25, -0.2) is 0 Å². The number of aromatic nitrogens is 1. The van der Waals surface area contributed by atoms with E-state index in [0.29, 0.717) is 29.7 Å². The number of aliphatic hydroxyl groups excluding tert-OH is 1. The van der Waals surface area contributed by atoms with Crippen molar-refractivity contribution in [3.63, 3.8) is 0 Å². The van der Waals surface area contributed by atoms with Crippen molar-refractivity contribution in [2.45, 2.75) is 44.8 Å². The van der Waals surface area contributed by atoms with Crippen LogP contribution in [0.5, 0.6) is 0 Å². The van der Waals surface area contributed by atoms with Crippen molar-refractivity contribution >= 4 is 34.3 Å². The lowest BCUT2D eigenvalue weighted by Gasteiger charge is -2.40. The van der Waals surface area contributed by atoms with E-state index in [1.807, 2.05) is 0 Å². The Kier molecular flexibility index (Phi) is 7.08. The number of nitrogens with one attached hydrogen (secondary N) is 2. The van der Waals surface area contributed by atoms with Crippen LogP contribution in [0.2, 0.25) is 5.02 Å². The number of carbonyl (C=O) groups excluding carboxylic acids is 2. The van der Waals surface area contributed by atoms with Crippen LogP contribution in [-0.4, -0.2) is 77.1 Å². The zero-order chi connectivity index (χ0) is 22.8. The van der Waals surface area contributed by atoms with Gasteiger partial charge in [0.1, 0.15) is 11.7 Å². The molecule has 0 saturated carbocycles. The second kappa shape index (κ2) is 9.81. The van der Waals surface area contributed by atoms with Gasteiger partial charge in [0, 0.05) is 29.0 Å². The summed E-state index contributed by atoms with van der Waals surface area (Å²) in [5.41, 5.74) is 1.12. The molecule has 0 unspecified atom stereocenters. The Labute approximate surface area is 194 Å². The first-order valence-corrected chi connectivity index (χ1v) is 11.9. The van der Waals surface area contributed by atoms with Crippen LogP contribution >= 0.6 is 11.6 Å². The maximum atomic E-state index is 13.2. The standard InChI is InChI=1S/C24H33ClN4O3/c1-15(30)22(27-23(31)21-14-18-13-19(25)3-4-20(18)26-21)24(32)29-11-7-17(8-12-29)16-5-9-28(2)10-6-16/h3-4,13-17,22,26,30H,5-12H2,1-2H3,(H,27,31)/t15-,22-/m1/s1. The molecule has 2 fully saturated rings. The minimum absolute atomic E-state index is 0.214. The van der Waals surface area contributed by atoms with Crippen LogP contribution in [0.3, 0.4) is 0 Å². The van der Waals surface area contributed by atoms with Crippen LogP contribution in [0, 0.1) is 11.8 Å². The molecule has 0 radical (unpaired) electrons. The molecule has 1 aromatic heterocycles. The molecule has 0 spiro atoms. The summed E-state index contributed by atoms with van der Waals surface area (Å²) >= 11 is 6.03. The van der Waals surface area contributed by atoms with E-state index in [2.05, 4.69) is 22.2 Å². The second-order valence-electron chi connectivity index (χ2n) is 9.41. The minimum Gasteiger partial charge on any atom is -0.391 e. The molecule has 0 aliphatic carbocycles. The number of aliphatic hydroxyl groups is 1. The van der Waals surface area contributed by atoms with Gasteiger partial charge in [-0.15, -0.1) is 0 Å². The van der Waals surface area contributed by atoms with Gasteiger partial charge in [0.25, 0.3) is 5.91 Å². The SMILES string of the molecule is C[C@@H](O)[C@@H](NC(=O)c1cc2cc(Cl)ccc2[nH]1)C(=O)N1CCC(C2CCN(C)CC2)CC1. The van der Waals surface area contributed by atoms with Gasteiger partial charge in [0.05, 0.1) is 6.10 Å². The molecule has 1 aromatic carbocycles. The molecule has 2 aliphatic heterocycles. The van der Waals surface area contributed by atoms with Gasteiger partial charge in [0.2, 0.25) is 5.91 Å². The molecular weight excluding hydrogens is 428 g/mol. The van der Waals surface area contributed by atoms with Crippen molar-refractivity contribution < 1.29 is 14.7 Å². The summed E-state index contributed by atoms with van der Waals surface area (Å²) in [7, 11) is 2.17. The van der Waals surface area contributed by atoms with Gasteiger partial charge in [-0.2, -0.15) is 0 Å². The molecule has 7 nitrogen and oxygen atoms in total. The smallest absolute Gasteiger partial charge is 0.268 e. The number of fused-ring (bicyclic) bond motifs is 1. The van der Waals surface area contributed by atoms with Crippen molar-refractivity contribution in [2.75, 3.05) is 33.2 Å². The maximum absolute atomic E-state index is 13.2. The van der Waals surface area contributed by atoms with E-state index in [1.54, 1.807) is 36.1 Å². The number of benzene rings is 1. The summed E-state index contributed by atoms with van der Waals surface area (Å²) in [6, 6.07) is 6.06. The highest BCUT2D eigenvalue weighted by molar-refractivity contribution is 6.31. The van der Waals surface area contributed by atoms with E-state index in [0.717, 1.165) is 42.8 Å².